The van der Waals surface area contributed by atoms with Crippen molar-refractivity contribution in [3.05, 3.63) is 33.8 Å². The minimum Gasteiger partial charge on any atom is -0.391 e. The second-order valence-corrected chi connectivity index (χ2v) is 5.28. The highest BCUT2D eigenvalue weighted by atomic mass is 35.5. The Morgan fingerprint density at radius 3 is 2.12 bits per heavy atom. The first-order valence-electron chi connectivity index (χ1n) is 5.47. The molecule has 2 rings (SSSR count). The van der Waals surface area contributed by atoms with Gasteiger partial charge in [-0.3, -0.25) is 0 Å². The Hall–Kier alpha value is 0.01000. The maximum atomic E-state index is 10.1. The molecule has 1 aromatic rings. The lowest BCUT2D eigenvalue weighted by Crippen LogP contribution is -2.36. The summed E-state index contributed by atoms with van der Waals surface area (Å²) in [5.74, 6) is 0.327. The van der Waals surface area contributed by atoms with Crippen molar-refractivity contribution in [1.82, 2.24) is 0 Å². The third-order valence-electron chi connectivity index (χ3n) is 3.27. The van der Waals surface area contributed by atoms with Gasteiger partial charge in [-0.1, -0.05) is 29.6 Å². The van der Waals surface area contributed by atoms with E-state index in [1.165, 1.54) is 6.42 Å². The Kier molecular flexibility index (Phi) is 5.55. The van der Waals surface area contributed by atoms with E-state index in [1.54, 1.807) is 18.2 Å². The van der Waals surface area contributed by atoms with Crippen LogP contribution in [0.15, 0.2) is 18.2 Å². The second-order valence-electron chi connectivity index (χ2n) is 4.41. The molecular formula is C12H16Cl3NO. The molecule has 2 nitrogen and oxygen atoms in total. The van der Waals surface area contributed by atoms with Gasteiger partial charge >= 0.3 is 0 Å². The number of nitrogens with two attached hydrogens (primary N) is 1. The van der Waals surface area contributed by atoms with Gasteiger partial charge < -0.3 is 10.8 Å². The van der Waals surface area contributed by atoms with Gasteiger partial charge in [-0.25, -0.2) is 0 Å². The lowest BCUT2D eigenvalue weighted by atomic mass is 9.77. The summed E-state index contributed by atoms with van der Waals surface area (Å²) in [5.41, 5.74) is 6.82. The van der Waals surface area contributed by atoms with E-state index in [4.69, 9.17) is 28.9 Å². The van der Waals surface area contributed by atoms with Crippen LogP contribution in [0.1, 0.15) is 30.9 Å². The SMILES string of the molecule is Cl.N[C@@H](c1cc(Cl)cc(Cl)c1)[C@H](O)C1CCC1. The van der Waals surface area contributed by atoms with Crippen molar-refractivity contribution in [1.29, 1.82) is 0 Å². The fourth-order valence-electron chi connectivity index (χ4n) is 2.04. The number of halogens is 3. The lowest BCUT2D eigenvalue weighted by Gasteiger charge is -2.33. The molecule has 0 spiro atoms. The van der Waals surface area contributed by atoms with Crippen LogP contribution in [0, 0.1) is 5.92 Å². The predicted molar refractivity (Wildman–Crippen MR) is 74.0 cm³/mol. The number of rotatable bonds is 3. The quantitative estimate of drug-likeness (QED) is 0.895. The molecule has 1 aliphatic carbocycles. The van der Waals surface area contributed by atoms with Crippen molar-refractivity contribution in [2.75, 3.05) is 0 Å². The van der Waals surface area contributed by atoms with Crippen LogP contribution >= 0.6 is 35.6 Å². The number of hydrogen-bond donors (Lipinski definition) is 2. The van der Waals surface area contributed by atoms with Crippen LogP contribution in [0.4, 0.5) is 0 Å². The van der Waals surface area contributed by atoms with Gasteiger partial charge in [-0.15, -0.1) is 12.4 Å². The van der Waals surface area contributed by atoms with Gasteiger partial charge in [-0.05, 0) is 42.5 Å². The van der Waals surface area contributed by atoms with E-state index >= 15 is 0 Å². The second kappa shape index (κ2) is 6.26. The van der Waals surface area contributed by atoms with E-state index in [1.807, 2.05) is 0 Å². The molecule has 3 N–H and O–H groups in total. The van der Waals surface area contributed by atoms with E-state index < -0.39 is 12.1 Å². The molecule has 0 heterocycles. The third-order valence-corrected chi connectivity index (χ3v) is 3.71. The Labute approximate surface area is 118 Å². The van der Waals surface area contributed by atoms with Crippen LogP contribution in [-0.2, 0) is 0 Å². The molecule has 0 aliphatic heterocycles. The van der Waals surface area contributed by atoms with E-state index in [0.717, 1.165) is 18.4 Å². The van der Waals surface area contributed by atoms with E-state index in [-0.39, 0.29) is 12.4 Å². The maximum absolute atomic E-state index is 10.1. The monoisotopic (exact) mass is 295 g/mol. The van der Waals surface area contributed by atoms with Gasteiger partial charge in [0.1, 0.15) is 0 Å². The normalized spacial score (nSPS) is 19.1. The maximum Gasteiger partial charge on any atom is 0.0760 e. The molecule has 0 bridgehead atoms. The summed E-state index contributed by atoms with van der Waals surface area (Å²) in [6, 6.07) is 4.79. The zero-order valence-electron chi connectivity index (χ0n) is 9.27. The summed E-state index contributed by atoms with van der Waals surface area (Å²) in [4.78, 5) is 0. The third kappa shape index (κ3) is 3.49. The Balaban J connectivity index is 0.00000144. The van der Waals surface area contributed by atoms with Gasteiger partial charge in [0.25, 0.3) is 0 Å². The van der Waals surface area contributed by atoms with Crippen molar-refractivity contribution in [3.8, 4) is 0 Å². The van der Waals surface area contributed by atoms with Gasteiger partial charge in [0.15, 0.2) is 0 Å². The average molecular weight is 297 g/mol. The topological polar surface area (TPSA) is 46.2 Å². The molecule has 0 amide bonds. The molecule has 1 aromatic carbocycles. The van der Waals surface area contributed by atoms with Crippen LogP contribution in [0.5, 0.6) is 0 Å². The highest BCUT2D eigenvalue weighted by Gasteiger charge is 2.30. The number of hydrogen-bond acceptors (Lipinski definition) is 2. The summed E-state index contributed by atoms with van der Waals surface area (Å²) in [5, 5.41) is 11.2. The van der Waals surface area contributed by atoms with Gasteiger partial charge in [0, 0.05) is 10.0 Å². The molecule has 96 valence electrons. The molecule has 0 aromatic heterocycles. The summed E-state index contributed by atoms with van der Waals surface area (Å²) >= 11 is 11.8. The molecule has 1 fully saturated rings. The van der Waals surface area contributed by atoms with E-state index in [2.05, 4.69) is 0 Å². The first-order valence-corrected chi connectivity index (χ1v) is 6.23. The van der Waals surface area contributed by atoms with Crippen LogP contribution in [-0.4, -0.2) is 11.2 Å². The Morgan fingerprint density at radius 1 is 1.18 bits per heavy atom. The summed E-state index contributed by atoms with van der Waals surface area (Å²) in [6.07, 6.45) is 2.81. The van der Waals surface area contributed by atoms with Crippen molar-refractivity contribution < 1.29 is 5.11 Å². The average Bonchev–Trinajstić information content (AvgIpc) is 2.12. The highest BCUT2D eigenvalue weighted by molar-refractivity contribution is 6.34. The Morgan fingerprint density at radius 2 is 1.71 bits per heavy atom. The van der Waals surface area contributed by atoms with Crippen LogP contribution in [0.3, 0.4) is 0 Å². The minimum atomic E-state index is -0.497. The number of aliphatic hydroxyl groups excluding tert-OH is 1. The smallest absolute Gasteiger partial charge is 0.0760 e. The van der Waals surface area contributed by atoms with Crippen molar-refractivity contribution >= 4 is 35.6 Å². The molecule has 2 atom stereocenters. The van der Waals surface area contributed by atoms with Crippen molar-refractivity contribution in [2.24, 2.45) is 11.7 Å². The van der Waals surface area contributed by atoms with Crippen molar-refractivity contribution in [2.45, 2.75) is 31.4 Å². The predicted octanol–water partition coefficient (Wildman–Crippen LogP) is 3.58. The van der Waals surface area contributed by atoms with Crippen LogP contribution in [0.2, 0.25) is 10.0 Å². The molecular weight excluding hydrogens is 280 g/mol. The molecule has 5 heteroatoms. The van der Waals surface area contributed by atoms with Gasteiger partial charge in [-0.2, -0.15) is 0 Å². The molecule has 17 heavy (non-hydrogen) atoms. The molecule has 1 aliphatic rings. The Bertz CT molecular complexity index is 362. The zero-order valence-corrected chi connectivity index (χ0v) is 11.6. The molecule has 0 radical (unpaired) electrons. The largest absolute Gasteiger partial charge is 0.391 e. The van der Waals surface area contributed by atoms with E-state index in [0.29, 0.717) is 16.0 Å². The summed E-state index contributed by atoms with van der Waals surface area (Å²) < 4.78 is 0. The summed E-state index contributed by atoms with van der Waals surface area (Å²) in [7, 11) is 0. The van der Waals surface area contributed by atoms with Gasteiger partial charge in [0.2, 0.25) is 0 Å². The van der Waals surface area contributed by atoms with E-state index in [9.17, 15) is 5.11 Å². The number of benzene rings is 1. The van der Waals surface area contributed by atoms with Crippen LogP contribution in [0.25, 0.3) is 0 Å². The fraction of sp³-hybridized carbons (Fsp3) is 0.500. The standard InChI is InChI=1S/C12H15Cl2NO.ClH/c13-9-4-8(5-10(14)6-9)11(15)12(16)7-2-1-3-7;/h4-7,11-12,16H,1-3,15H2;1H/t11-,12+;/m0./s1. The lowest BCUT2D eigenvalue weighted by molar-refractivity contribution is 0.0414. The molecule has 1 saturated carbocycles. The van der Waals surface area contributed by atoms with Gasteiger partial charge in [0.05, 0.1) is 12.1 Å². The first kappa shape index (κ1) is 15.1. The fourth-order valence-corrected chi connectivity index (χ4v) is 2.58. The number of aliphatic hydroxyl groups is 1. The van der Waals surface area contributed by atoms with Crippen molar-refractivity contribution in [3.63, 3.8) is 0 Å². The zero-order chi connectivity index (χ0) is 11.7. The molecule has 0 saturated heterocycles. The highest BCUT2D eigenvalue weighted by Crippen LogP contribution is 2.35. The minimum absolute atomic E-state index is 0. The molecule has 0 unspecified atom stereocenters. The summed E-state index contributed by atoms with van der Waals surface area (Å²) in [6.45, 7) is 0. The van der Waals surface area contributed by atoms with Crippen LogP contribution < -0.4 is 5.73 Å². The first-order chi connectivity index (χ1) is 7.58.